The van der Waals surface area contributed by atoms with Crippen molar-refractivity contribution in [2.75, 3.05) is 12.4 Å². The summed E-state index contributed by atoms with van der Waals surface area (Å²) >= 11 is 0. The van der Waals surface area contributed by atoms with Crippen molar-refractivity contribution in [1.82, 2.24) is 15.0 Å². The molecule has 0 atom stereocenters. The Bertz CT molecular complexity index is 1080. The van der Waals surface area contributed by atoms with E-state index in [1.807, 2.05) is 42.6 Å². The van der Waals surface area contributed by atoms with Crippen LogP contribution < -0.4 is 10.1 Å². The zero-order chi connectivity index (χ0) is 18.6. The number of hydrogen-bond donors (Lipinski definition) is 2. The Kier molecular flexibility index (Phi) is 4.53. The molecule has 6 nitrogen and oxygen atoms in total. The second-order valence-corrected chi connectivity index (χ2v) is 6.01. The minimum absolute atomic E-state index is 0.101. The number of ether oxygens (including phenoxy) is 1. The van der Waals surface area contributed by atoms with Crippen molar-refractivity contribution < 1.29 is 9.84 Å². The van der Waals surface area contributed by atoms with Crippen molar-refractivity contribution in [3.8, 4) is 22.9 Å². The highest BCUT2D eigenvalue weighted by Crippen LogP contribution is 2.33. The molecule has 2 N–H and O–H groups in total. The van der Waals surface area contributed by atoms with Crippen LogP contribution in [0.25, 0.3) is 22.3 Å². The Hall–Kier alpha value is -3.67. The topological polar surface area (TPSA) is 80.2 Å². The van der Waals surface area contributed by atoms with Crippen LogP contribution in [0.1, 0.15) is 5.56 Å². The Morgan fingerprint density at radius 1 is 1.04 bits per heavy atom. The Balaban J connectivity index is 1.79. The van der Waals surface area contributed by atoms with Gasteiger partial charge in [-0.2, -0.15) is 0 Å². The first kappa shape index (κ1) is 16.8. The fourth-order valence-corrected chi connectivity index (χ4v) is 2.84. The summed E-state index contributed by atoms with van der Waals surface area (Å²) in [5, 5.41) is 14.6. The first-order valence-corrected chi connectivity index (χ1v) is 8.51. The van der Waals surface area contributed by atoms with Crippen molar-refractivity contribution in [3.63, 3.8) is 0 Å². The fraction of sp³-hybridized carbons (Fsp3) is 0.0952. The van der Waals surface area contributed by atoms with Crippen molar-refractivity contribution in [2.45, 2.75) is 6.54 Å². The highest BCUT2D eigenvalue weighted by atomic mass is 16.5. The number of methoxy groups -OCH3 is 1. The smallest absolute Gasteiger partial charge is 0.166 e. The quantitative estimate of drug-likeness (QED) is 0.561. The molecule has 27 heavy (non-hydrogen) atoms. The van der Waals surface area contributed by atoms with Crippen LogP contribution in [0, 0.1) is 0 Å². The van der Waals surface area contributed by atoms with Crippen LogP contribution in [0.3, 0.4) is 0 Å². The number of fused-ring (bicyclic) bond motifs is 1. The molecule has 4 rings (SSSR count). The molecule has 2 aromatic heterocycles. The standard InChI is InChI=1S/C21H18N4O2/c1-27-15-8-9-19(26)17(11-15)21-24-18-7-3-2-6-16(18)20(25-21)23-13-14-5-4-10-22-12-14/h2-12,26H,13H2,1H3,(H,23,24,25). The van der Waals surface area contributed by atoms with Crippen LogP contribution in [0.15, 0.2) is 67.0 Å². The summed E-state index contributed by atoms with van der Waals surface area (Å²) in [6.45, 7) is 0.582. The number of pyridine rings is 1. The number of aromatic hydroxyl groups is 1. The predicted molar refractivity (Wildman–Crippen MR) is 105 cm³/mol. The Morgan fingerprint density at radius 2 is 1.93 bits per heavy atom. The lowest BCUT2D eigenvalue weighted by Gasteiger charge is -2.12. The highest BCUT2D eigenvalue weighted by Gasteiger charge is 2.13. The summed E-state index contributed by atoms with van der Waals surface area (Å²) < 4.78 is 5.27. The second kappa shape index (κ2) is 7.29. The third-order valence-corrected chi connectivity index (χ3v) is 4.23. The van der Waals surface area contributed by atoms with Gasteiger partial charge in [-0.05, 0) is 42.0 Å². The third kappa shape index (κ3) is 3.50. The van der Waals surface area contributed by atoms with E-state index in [1.165, 1.54) is 0 Å². The predicted octanol–water partition coefficient (Wildman–Crippen LogP) is 4.02. The largest absolute Gasteiger partial charge is 0.507 e. The monoisotopic (exact) mass is 358 g/mol. The van der Waals surface area contributed by atoms with Crippen molar-refractivity contribution in [3.05, 3.63) is 72.6 Å². The van der Waals surface area contributed by atoms with Gasteiger partial charge in [0.1, 0.15) is 17.3 Å². The van der Waals surface area contributed by atoms with E-state index in [0.717, 1.165) is 16.5 Å². The van der Waals surface area contributed by atoms with E-state index < -0.39 is 0 Å². The fourth-order valence-electron chi connectivity index (χ4n) is 2.84. The molecule has 0 aliphatic heterocycles. The van der Waals surface area contributed by atoms with Gasteiger partial charge >= 0.3 is 0 Å². The van der Waals surface area contributed by atoms with E-state index in [0.29, 0.717) is 29.5 Å². The number of benzene rings is 2. The van der Waals surface area contributed by atoms with Gasteiger partial charge in [-0.15, -0.1) is 0 Å². The van der Waals surface area contributed by atoms with Crippen LogP contribution in [-0.4, -0.2) is 27.2 Å². The Morgan fingerprint density at radius 3 is 2.74 bits per heavy atom. The molecule has 0 bridgehead atoms. The summed E-state index contributed by atoms with van der Waals surface area (Å²) in [6.07, 6.45) is 3.55. The summed E-state index contributed by atoms with van der Waals surface area (Å²) in [4.78, 5) is 13.4. The lowest BCUT2D eigenvalue weighted by Crippen LogP contribution is -2.04. The molecule has 0 unspecified atom stereocenters. The number of nitrogens with one attached hydrogen (secondary N) is 1. The molecule has 0 spiro atoms. The molecular formula is C21H18N4O2. The maximum Gasteiger partial charge on any atom is 0.166 e. The molecule has 0 aliphatic rings. The van der Waals surface area contributed by atoms with Gasteiger partial charge in [0.2, 0.25) is 0 Å². The lowest BCUT2D eigenvalue weighted by molar-refractivity contribution is 0.412. The number of hydrogen-bond acceptors (Lipinski definition) is 6. The number of rotatable bonds is 5. The van der Waals surface area contributed by atoms with E-state index in [2.05, 4.69) is 20.3 Å². The average Bonchev–Trinajstić information content (AvgIpc) is 2.73. The van der Waals surface area contributed by atoms with Gasteiger partial charge in [-0.25, -0.2) is 9.97 Å². The number of aromatic nitrogens is 3. The molecule has 134 valence electrons. The van der Waals surface area contributed by atoms with Gasteiger partial charge in [0.05, 0.1) is 18.2 Å². The number of anilines is 1. The van der Waals surface area contributed by atoms with Gasteiger partial charge in [-0.3, -0.25) is 4.98 Å². The molecule has 0 saturated carbocycles. The minimum Gasteiger partial charge on any atom is -0.507 e. The number of phenolic OH excluding ortho intramolecular Hbond substituents is 1. The molecule has 4 aromatic rings. The van der Waals surface area contributed by atoms with Crippen LogP contribution in [0.4, 0.5) is 5.82 Å². The van der Waals surface area contributed by atoms with E-state index in [9.17, 15) is 5.11 Å². The van der Waals surface area contributed by atoms with Crippen molar-refractivity contribution in [1.29, 1.82) is 0 Å². The van der Waals surface area contributed by atoms with E-state index >= 15 is 0 Å². The molecule has 6 heteroatoms. The molecule has 0 aliphatic carbocycles. The van der Waals surface area contributed by atoms with E-state index in [4.69, 9.17) is 4.74 Å². The van der Waals surface area contributed by atoms with E-state index in [-0.39, 0.29) is 5.75 Å². The molecular weight excluding hydrogens is 340 g/mol. The second-order valence-electron chi connectivity index (χ2n) is 6.01. The van der Waals surface area contributed by atoms with Gasteiger partial charge in [0.25, 0.3) is 0 Å². The molecule has 2 aromatic carbocycles. The minimum atomic E-state index is 0.101. The Labute approximate surface area is 156 Å². The summed E-state index contributed by atoms with van der Waals surface area (Å²) in [5.74, 6) is 1.86. The zero-order valence-electron chi connectivity index (χ0n) is 14.8. The maximum absolute atomic E-state index is 10.3. The van der Waals surface area contributed by atoms with E-state index in [1.54, 1.807) is 31.5 Å². The SMILES string of the molecule is COc1ccc(O)c(-c2nc(NCc3cccnc3)c3ccccc3n2)c1. The van der Waals surface area contributed by atoms with Crippen LogP contribution >= 0.6 is 0 Å². The maximum atomic E-state index is 10.3. The van der Waals surface area contributed by atoms with Gasteiger partial charge in [-0.1, -0.05) is 18.2 Å². The van der Waals surface area contributed by atoms with Crippen molar-refractivity contribution in [2.24, 2.45) is 0 Å². The summed E-state index contributed by atoms with van der Waals surface area (Å²) in [6, 6.07) is 16.7. The lowest BCUT2D eigenvalue weighted by atomic mass is 10.1. The number of para-hydroxylation sites is 1. The van der Waals surface area contributed by atoms with Gasteiger partial charge in [0, 0.05) is 24.3 Å². The zero-order valence-corrected chi connectivity index (χ0v) is 14.8. The molecule has 0 saturated heterocycles. The average molecular weight is 358 g/mol. The molecule has 0 fully saturated rings. The molecule has 0 radical (unpaired) electrons. The first-order chi connectivity index (χ1) is 13.2. The van der Waals surface area contributed by atoms with Crippen LogP contribution in [0.2, 0.25) is 0 Å². The first-order valence-electron chi connectivity index (χ1n) is 8.51. The number of phenols is 1. The third-order valence-electron chi connectivity index (χ3n) is 4.23. The molecule has 0 amide bonds. The summed E-state index contributed by atoms with van der Waals surface area (Å²) in [5.41, 5.74) is 2.36. The highest BCUT2D eigenvalue weighted by molar-refractivity contribution is 5.91. The molecule has 2 heterocycles. The van der Waals surface area contributed by atoms with Crippen LogP contribution in [0.5, 0.6) is 11.5 Å². The van der Waals surface area contributed by atoms with Gasteiger partial charge in [0.15, 0.2) is 5.82 Å². The van der Waals surface area contributed by atoms with Crippen LogP contribution in [-0.2, 0) is 6.54 Å². The van der Waals surface area contributed by atoms with Gasteiger partial charge < -0.3 is 15.2 Å². The normalized spacial score (nSPS) is 10.7. The van der Waals surface area contributed by atoms with Crippen molar-refractivity contribution >= 4 is 16.7 Å². The number of nitrogens with zero attached hydrogens (tertiary/aromatic N) is 3. The summed E-state index contributed by atoms with van der Waals surface area (Å²) in [7, 11) is 1.58.